The van der Waals surface area contributed by atoms with Crippen LogP contribution in [-0.4, -0.2) is 46.9 Å². The van der Waals surface area contributed by atoms with Crippen LogP contribution in [0.2, 0.25) is 0 Å². The molecule has 324 valence electrons. The highest BCUT2D eigenvalue weighted by Crippen LogP contribution is 2.17. The summed E-state index contributed by atoms with van der Waals surface area (Å²) < 4.78 is 5.88. The molecule has 1 amide bonds. The summed E-state index contributed by atoms with van der Waals surface area (Å²) in [6, 6.07) is -0.704. The third kappa shape index (κ3) is 39.0. The van der Waals surface area contributed by atoms with Gasteiger partial charge in [0.05, 0.1) is 25.2 Å². The van der Waals surface area contributed by atoms with Crippen LogP contribution in [0, 0.1) is 0 Å². The first-order chi connectivity index (χ1) is 27.0. The summed E-state index contributed by atoms with van der Waals surface area (Å²) in [5.41, 5.74) is 0. The highest BCUT2D eigenvalue weighted by atomic mass is 16.5. The average Bonchev–Trinajstić information content (AvgIpc) is 3.18. The number of rotatable bonds is 43. The zero-order chi connectivity index (χ0) is 40.3. The van der Waals surface area contributed by atoms with Crippen LogP contribution in [0.4, 0.5) is 0 Å². The van der Waals surface area contributed by atoms with E-state index in [1.807, 2.05) is 0 Å². The smallest absolute Gasteiger partial charge is 0.306 e. The second-order valence-corrected chi connectivity index (χ2v) is 16.5. The van der Waals surface area contributed by atoms with Crippen LogP contribution >= 0.6 is 0 Å². The summed E-state index contributed by atoms with van der Waals surface area (Å²) in [6.45, 7) is 6.42. The molecule has 3 atom stereocenters. The molecule has 6 nitrogen and oxygen atoms in total. The lowest BCUT2D eigenvalue weighted by Gasteiger charge is -2.24. The van der Waals surface area contributed by atoms with E-state index in [0.29, 0.717) is 19.3 Å². The maximum Gasteiger partial charge on any atom is 0.306 e. The number of aliphatic hydroxyl groups is 2. The van der Waals surface area contributed by atoms with Gasteiger partial charge in [-0.1, -0.05) is 193 Å². The van der Waals surface area contributed by atoms with Gasteiger partial charge < -0.3 is 20.3 Å². The molecule has 55 heavy (non-hydrogen) atoms. The Bertz CT molecular complexity index is 873. The summed E-state index contributed by atoms with van der Waals surface area (Å²) in [4.78, 5) is 26.0. The number of ether oxygens (including phenoxy) is 1. The highest BCUT2D eigenvalue weighted by Gasteiger charge is 2.24. The predicted molar refractivity (Wildman–Crippen MR) is 236 cm³/mol. The second kappa shape index (κ2) is 43.5. The molecule has 0 rings (SSSR count). The Morgan fingerprint density at radius 2 is 0.891 bits per heavy atom. The molecule has 0 radical (unpaired) electrons. The van der Waals surface area contributed by atoms with Crippen molar-refractivity contribution in [3.63, 3.8) is 0 Å². The zero-order valence-corrected chi connectivity index (χ0v) is 36.8. The molecule has 0 aromatic carbocycles. The van der Waals surface area contributed by atoms with E-state index in [2.05, 4.69) is 50.4 Å². The van der Waals surface area contributed by atoms with E-state index in [1.165, 1.54) is 135 Å². The molecule has 0 aliphatic heterocycles. The van der Waals surface area contributed by atoms with Gasteiger partial charge in [0.2, 0.25) is 5.91 Å². The first-order valence-corrected chi connectivity index (χ1v) is 24.1. The summed E-state index contributed by atoms with van der Waals surface area (Å²) in [7, 11) is 0. The first-order valence-electron chi connectivity index (χ1n) is 24.1. The molecule has 0 aromatic heterocycles. The van der Waals surface area contributed by atoms with Crippen LogP contribution in [-0.2, 0) is 14.3 Å². The van der Waals surface area contributed by atoms with E-state index in [-0.39, 0.29) is 24.9 Å². The third-order valence-electron chi connectivity index (χ3n) is 11.0. The van der Waals surface area contributed by atoms with E-state index in [9.17, 15) is 19.8 Å². The minimum absolute atomic E-state index is 0.0636. The fraction of sp³-hybridized carbons (Fsp3) is 0.878. The van der Waals surface area contributed by atoms with Crippen molar-refractivity contribution in [2.75, 3.05) is 6.61 Å². The number of allylic oxidation sites excluding steroid dienone is 4. The van der Waals surface area contributed by atoms with Crippen molar-refractivity contribution in [3.8, 4) is 0 Å². The Labute approximate surface area is 341 Å². The minimum atomic E-state index is -0.789. The molecule has 3 N–H and O–H groups in total. The van der Waals surface area contributed by atoms with E-state index < -0.39 is 18.2 Å². The van der Waals surface area contributed by atoms with Gasteiger partial charge in [0, 0.05) is 6.42 Å². The third-order valence-corrected chi connectivity index (χ3v) is 11.0. The molecule has 0 aromatic rings. The van der Waals surface area contributed by atoms with Gasteiger partial charge in [-0.2, -0.15) is 0 Å². The first kappa shape index (κ1) is 53.3. The summed E-state index contributed by atoms with van der Waals surface area (Å²) in [5.74, 6) is -0.504. The molecular formula is C49H93NO5. The normalized spacial score (nSPS) is 13.5. The fourth-order valence-electron chi connectivity index (χ4n) is 7.29. The van der Waals surface area contributed by atoms with Gasteiger partial charge in [0.1, 0.15) is 6.10 Å². The molecule has 3 unspecified atom stereocenters. The Hall–Kier alpha value is -1.66. The number of aliphatic hydroxyl groups excluding tert-OH is 2. The van der Waals surface area contributed by atoms with Crippen molar-refractivity contribution in [2.45, 2.75) is 270 Å². The Morgan fingerprint density at radius 3 is 1.36 bits per heavy atom. The zero-order valence-electron chi connectivity index (χ0n) is 36.8. The molecular weight excluding hydrogens is 683 g/mol. The lowest BCUT2D eigenvalue weighted by Crippen LogP contribution is -2.46. The van der Waals surface area contributed by atoms with Crippen molar-refractivity contribution in [3.05, 3.63) is 24.3 Å². The van der Waals surface area contributed by atoms with Gasteiger partial charge in [0.15, 0.2) is 0 Å². The van der Waals surface area contributed by atoms with Crippen molar-refractivity contribution >= 4 is 11.9 Å². The minimum Gasteiger partial charge on any atom is -0.462 e. The second-order valence-electron chi connectivity index (χ2n) is 16.5. The maximum absolute atomic E-state index is 13.1. The summed E-state index contributed by atoms with van der Waals surface area (Å²) in [6.07, 6.45) is 48.1. The number of amides is 1. The molecule has 0 aliphatic rings. The summed E-state index contributed by atoms with van der Waals surface area (Å²) >= 11 is 0. The fourth-order valence-corrected chi connectivity index (χ4v) is 7.29. The molecule has 6 heteroatoms. The van der Waals surface area contributed by atoms with Gasteiger partial charge in [-0.25, -0.2) is 0 Å². The molecule has 0 heterocycles. The SMILES string of the molecule is CCCC/C=C\CCCCCC(CC(=O)NC(CO)C(O)CCCCCCCCCCCCCCCC)OC(=O)CCCCC/C=C\CCCCCCCC. The van der Waals surface area contributed by atoms with Crippen LogP contribution < -0.4 is 5.32 Å². The van der Waals surface area contributed by atoms with Crippen LogP contribution in [0.5, 0.6) is 0 Å². The van der Waals surface area contributed by atoms with Crippen molar-refractivity contribution in [1.82, 2.24) is 5.32 Å². The van der Waals surface area contributed by atoms with E-state index in [4.69, 9.17) is 4.74 Å². The number of carbonyl (C=O) groups excluding carboxylic acids is 2. The molecule has 0 bridgehead atoms. The van der Waals surface area contributed by atoms with Gasteiger partial charge in [-0.05, 0) is 70.6 Å². The van der Waals surface area contributed by atoms with Crippen molar-refractivity contribution in [2.24, 2.45) is 0 Å². The molecule has 0 fully saturated rings. The van der Waals surface area contributed by atoms with Crippen LogP contribution in [0.25, 0.3) is 0 Å². The lowest BCUT2D eigenvalue weighted by atomic mass is 10.0. The van der Waals surface area contributed by atoms with Gasteiger partial charge >= 0.3 is 5.97 Å². The lowest BCUT2D eigenvalue weighted by molar-refractivity contribution is -0.151. The van der Waals surface area contributed by atoms with Crippen LogP contribution in [0.15, 0.2) is 24.3 Å². The maximum atomic E-state index is 13.1. The highest BCUT2D eigenvalue weighted by molar-refractivity contribution is 5.77. The topological polar surface area (TPSA) is 95.9 Å². The van der Waals surface area contributed by atoms with Crippen molar-refractivity contribution in [1.29, 1.82) is 0 Å². The average molecular weight is 776 g/mol. The van der Waals surface area contributed by atoms with E-state index in [0.717, 1.165) is 70.6 Å². The monoisotopic (exact) mass is 776 g/mol. The van der Waals surface area contributed by atoms with Crippen LogP contribution in [0.1, 0.15) is 252 Å². The Balaban J connectivity index is 4.50. The molecule has 0 saturated carbocycles. The van der Waals surface area contributed by atoms with Gasteiger partial charge in [-0.15, -0.1) is 0 Å². The molecule has 0 saturated heterocycles. The number of hydrogen-bond donors (Lipinski definition) is 3. The van der Waals surface area contributed by atoms with Gasteiger partial charge in [-0.3, -0.25) is 9.59 Å². The number of hydrogen-bond acceptors (Lipinski definition) is 5. The standard InChI is InChI=1S/C49H93NO5/c1-4-7-10-13-16-19-21-23-25-26-29-32-35-38-41-47(52)46(44-51)50-48(53)43-45(40-37-34-31-28-18-15-12-9-6-3)55-49(54)42-39-36-33-30-27-24-22-20-17-14-11-8-5-2/h15,18,24,27,45-47,51-52H,4-14,16-17,19-23,25-26,28-44H2,1-3H3,(H,50,53)/b18-15-,27-24-. The van der Waals surface area contributed by atoms with E-state index >= 15 is 0 Å². The summed E-state index contributed by atoms with van der Waals surface area (Å²) in [5, 5.41) is 23.7. The van der Waals surface area contributed by atoms with Crippen LogP contribution in [0.3, 0.4) is 0 Å². The molecule has 0 spiro atoms. The predicted octanol–water partition coefficient (Wildman–Crippen LogP) is 14.0. The van der Waals surface area contributed by atoms with Crippen molar-refractivity contribution < 1.29 is 24.5 Å². The number of carbonyl (C=O) groups is 2. The Kier molecular flexibility index (Phi) is 42.2. The number of nitrogens with one attached hydrogen (secondary N) is 1. The largest absolute Gasteiger partial charge is 0.462 e. The van der Waals surface area contributed by atoms with E-state index in [1.54, 1.807) is 0 Å². The number of esters is 1. The van der Waals surface area contributed by atoms with Gasteiger partial charge in [0.25, 0.3) is 0 Å². The quantitative estimate of drug-likeness (QED) is 0.0326. The Morgan fingerprint density at radius 1 is 0.509 bits per heavy atom. The number of unbranched alkanes of at least 4 members (excludes halogenated alkanes) is 27. The molecule has 0 aliphatic carbocycles.